The summed E-state index contributed by atoms with van der Waals surface area (Å²) in [7, 11) is 0. The van der Waals surface area contributed by atoms with E-state index in [1.807, 2.05) is 30.3 Å². The van der Waals surface area contributed by atoms with Crippen LogP contribution in [-0.2, 0) is 20.7 Å². The van der Waals surface area contributed by atoms with Gasteiger partial charge < -0.3 is 19.8 Å². The van der Waals surface area contributed by atoms with E-state index in [-0.39, 0.29) is 28.8 Å². The fraction of sp³-hybridized carbons (Fsp3) is 0.333. The van der Waals surface area contributed by atoms with Gasteiger partial charge in [0.15, 0.2) is 11.2 Å². The predicted molar refractivity (Wildman–Crippen MR) is 134 cm³/mol. The monoisotopic (exact) mass is 491 g/mol. The molecular formula is C27H29N3O6. The number of nitrogens with one attached hydrogen (secondary N) is 2. The number of Topliss-reactive ketones (excluding diaryl/α,β-unsaturated/α-hetero) is 1. The number of para-hydroxylation sites is 1. The quantitative estimate of drug-likeness (QED) is 0.435. The Morgan fingerprint density at radius 3 is 2.44 bits per heavy atom. The van der Waals surface area contributed by atoms with Gasteiger partial charge in [-0.05, 0) is 24.6 Å². The van der Waals surface area contributed by atoms with E-state index in [2.05, 4.69) is 15.5 Å². The normalized spacial score (nSPS) is 14.8. The maximum Gasteiger partial charge on any atom is 0.289 e. The Kier molecular flexibility index (Phi) is 8.24. The molecule has 0 aliphatic carbocycles. The molecule has 2 N–H and O–H groups in total. The maximum absolute atomic E-state index is 13.2. The van der Waals surface area contributed by atoms with Crippen LogP contribution in [0.1, 0.15) is 21.7 Å². The number of ketones is 1. The fourth-order valence-corrected chi connectivity index (χ4v) is 4.13. The molecule has 3 aromatic rings. The summed E-state index contributed by atoms with van der Waals surface area (Å²) < 4.78 is 11.0. The second-order valence-corrected chi connectivity index (χ2v) is 8.67. The Hall–Kier alpha value is -3.82. The third-order valence-corrected chi connectivity index (χ3v) is 6.18. The highest BCUT2D eigenvalue weighted by Crippen LogP contribution is 2.16. The molecule has 9 nitrogen and oxygen atoms in total. The number of fused-ring (bicyclic) bond motifs is 1. The van der Waals surface area contributed by atoms with Crippen LogP contribution >= 0.6 is 0 Å². The van der Waals surface area contributed by atoms with E-state index in [1.54, 1.807) is 24.3 Å². The van der Waals surface area contributed by atoms with Crippen LogP contribution in [0.15, 0.2) is 63.8 Å². The van der Waals surface area contributed by atoms with Gasteiger partial charge in [0, 0.05) is 38.2 Å². The van der Waals surface area contributed by atoms with Gasteiger partial charge in [0.1, 0.15) is 11.6 Å². The van der Waals surface area contributed by atoms with E-state index < -0.39 is 23.6 Å². The van der Waals surface area contributed by atoms with Gasteiger partial charge in [-0.3, -0.25) is 24.1 Å². The number of hydrogen-bond donors (Lipinski definition) is 2. The minimum atomic E-state index is -1.14. The Morgan fingerprint density at radius 2 is 1.69 bits per heavy atom. The average molecular weight is 492 g/mol. The summed E-state index contributed by atoms with van der Waals surface area (Å²) in [6.07, 6.45) is 0.110. The first kappa shape index (κ1) is 25.3. The number of carbonyl (C=O) groups is 3. The van der Waals surface area contributed by atoms with Gasteiger partial charge in [-0.25, -0.2) is 0 Å². The van der Waals surface area contributed by atoms with Crippen molar-refractivity contribution in [3.05, 3.63) is 81.7 Å². The molecule has 1 aliphatic rings. The highest BCUT2D eigenvalue weighted by atomic mass is 16.5. The molecule has 36 heavy (non-hydrogen) atoms. The van der Waals surface area contributed by atoms with E-state index >= 15 is 0 Å². The number of nitrogens with zero attached hydrogens (tertiary/aromatic N) is 1. The predicted octanol–water partition coefficient (Wildman–Crippen LogP) is 1.46. The van der Waals surface area contributed by atoms with Gasteiger partial charge in [0.2, 0.25) is 5.78 Å². The number of benzene rings is 2. The second kappa shape index (κ2) is 11.7. The van der Waals surface area contributed by atoms with Crippen LogP contribution in [0.5, 0.6) is 0 Å². The standard InChI is InChI=1S/C27H29N3O6/c1-18-23(31)20-9-5-6-10-22(20)36-25(18)27(34)29-21(17-19-7-3-2-4-8-19)24(32)26(33)28-11-12-30-13-15-35-16-14-30/h2-10,21H,11-17H2,1H3,(H,28,33)(H,29,34)/t21-/m0/s1. The molecule has 2 amide bonds. The Morgan fingerprint density at radius 1 is 1.00 bits per heavy atom. The first-order chi connectivity index (χ1) is 17.4. The van der Waals surface area contributed by atoms with Crippen LogP contribution in [0.2, 0.25) is 0 Å². The summed E-state index contributed by atoms with van der Waals surface area (Å²) in [5.74, 6) is -2.46. The number of ether oxygens (including phenoxy) is 1. The van der Waals surface area contributed by atoms with Crippen LogP contribution in [0.4, 0.5) is 0 Å². The summed E-state index contributed by atoms with van der Waals surface area (Å²) >= 11 is 0. The van der Waals surface area contributed by atoms with Crippen molar-refractivity contribution < 1.29 is 23.5 Å². The van der Waals surface area contributed by atoms with Crippen LogP contribution in [0.3, 0.4) is 0 Å². The largest absolute Gasteiger partial charge is 0.450 e. The molecule has 2 heterocycles. The van der Waals surface area contributed by atoms with Crippen LogP contribution in [-0.4, -0.2) is 67.9 Å². The molecule has 0 bridgehead atoms. The third kappa shape index (κ3) is 6.05. The molecule has 2 aromatic carbocycles. The zero-order chi connectivity index (χ0) is 25.5. The van der Waals surface area contributed by atoms with Crippen molar-refractivity contribution in [2.75, 3.05) is 39.4 Å². The summed E-state index contributed by atoms with van der Waals surface area (Å²) in [4.78, 5) is 53.9. The minimum absolute atomic E-state index is 0.110. The van der Waals surface area contributed by atoms with Crippen LogP contribution < -0.4 is 16.1 Å². The first-order valence-corrected chi connectivity index (χ1v) is 11.9. The van der Waals surface area contributed by atoms with Gasteiger partial charge in [0.05, 0.1) is 18.6 Å². The zero-order valence-corrected chi connectivity index (χ0v) is 20.1. The number of carbonyl (C=O) groups excluding carboxylic acids is 3. The molecule has 0 spiro atoms. The Labute approximate surface area is 208 Å². The van der Waals surface area contributed by atoms with Gasteiger partial charge in [-0.15, -0.1) is 0 Å². The highest BCUT2D eigenvalue weighted by molar-refractivity contribution is 6.38. The first-order valence-electron chi connectivity index (χ1n) is 11.9. The van der Waals surface area contributed by atoms with Crippen molar-refractivity contribution in [3.8, 4) is 0 Å². The van der Waals surface area contributed by atoms with Crippen molar-refractivity contribution in [2.24, 2.45) is 0 Å². The average Bonchev–Trinajstić information content (AvgIpc) is 2.91. The zero-order valence-electron chi connectivity index (χ0n) is 20.1. The van der Waals surface area contributed by atoms with Crippen molar-refractivity contribution in [3.63, 3.8) is 0 Å². The van der Waals surface area contributed by atoms with E-state index in [0.29, 0.717) is 31.7 Å². The van der Waals surface area contributed by atoms with Gasteiger partial charge in [-0.1, -0.05) is 42.5 Å². The van der Waals surface area contributed by atoms with Crippen molar-refractivity contribution in [1.82, 2.24) is 15.5 Å². The third-order valence-electron chi connectivity index (χ3n) is 6.18. The van der Waals surface area contributed by atoms with E-state index in [4.69, 9.17) is 9.15 Å². The van der Waals surface area contributed by atoms with Crippen molar-refractivity contribution in [2.45, 2.75) is 19.4 Å². The summed E-state index contributed by atoms with van der Waals surface area (Å²) in [6, 6.07) is 14.6. The Bertz CT molecular complexity index is 1300. The smallest absolute Gasteiger partial charge is 0.289 e. The maximum atomic E-state index is 13.2. The number of rotatable bonds is 9. The van der Waals surface area contributed by atoms with E-state index in [9.17, 15) is 19.2 Å². The minimum Gasteiger partial charge on any atom is -0.450 e. The Balaban J connectivity index is 1.50. The van der Waals surface area contributed by atoms with Crippen LogP contribution in [0, 0.1) is 6.92 Å². The lowest BCUT2D eigenvalue weighted by atomic mass is 10.0. The highest BCUT2D eigenvalue weighted by Gasteiger charge is 2.29. The molecule has 4 rings (SSSR count). The van der Waals surface area contributed by atoms with Crippen molar-refractivity contribution in [1.29, 1.82) is 0 Å². The molecule has 188 valence electrons. The van der Waals surface area contributed by atoms with Gasteiger partial charge in [0.25, 0.3) is 11.8 Å². The van der Waals surface area contributed by atoms with Gasteiger partial charge in [-0.2, -0.15) is 0 Å². The topological polar surface area (TPSA) is 118 Å². The number of hydrogen-bond acceptors (Lipinski definition) is 7. The molecule has 9 heteroatoms. The lowest BCUT2D eigenvalue weighted by Gasteiger charge is -2.26. The number of amides is 2. The molecule has 0 saturated carbocycles. The summed E-state index contributed by atoms with van der Waals surface area (Å²) in [5.41, 5.74) is 0.847. The van der Waals surface area contributed by atoms with E-state index in [0.717, 1.165) is 18.7 Å². The molecule has 1 aliphatic heterocycles. The molecule has 1 saturated heterocycles. The molecule has 1 atom stereocenters. The molecule has 1 fully saturated rings. The lowest BCUT2D eigenvalue weighted by Crippen LogP contribution is -2.50. The fourth-order valence-electron chi connectivity index (χ4n) is 4.13. The SMILES string of the molecule is Cc1c(C(=O)N[C@@H](Cc2ccccc2)C(=O)C(=O)NCCN2CCOCC2)oc2ccccc2c1=O. The lowest BCUT2D eigenvalue weighted by molar-refractivity contribution is -0.139. The number of morpholine rings is 1. The van der Waals surface area contributed by atoms with Crippen molar-refractivity contribution >= 4 is 28.6 Å². The molecule has 1 aromatic heterocycles. The van der Waals surface area contributed by atoms with E-state index in [1.165, 1.54) is 6.92 Å². The van der Waals surface area contributed by atoms with Crippen LogP contribution in [0.25, 0.3) is 11.0 Å². The summed E-state index contributed by atoms with van der Waals surface area (Å²) in [5, 5.41) is 5.65. The molecular weight excluding hydrogens is 462 g/mol. The molecule has 0 unspecified atom stereocenters. The molecule has 0 radical (unpaired) electrons. The summed E-state index contributed by atoms with van der Waals surface area (Å²) in [6.45, 7) is 5.22. The second-order valence-electron chi connectivity index (χ2n) is 8.67. The van der Waals surface area contributed by atoms with Gasteiger partial charge >= 0.3 is 0 Å².